The Morgan fingerprint density at radius 3 is 1.74 bits per heavy atom. The van der Waals surface area contributed by atoms with Gasteiger partial charge in [0.05, 0.1) is 16.7 Å². The number of hydrogen-bond acceptors (Lipinski definition) is 3. The lowest BCUT2D eigenvalue weighted by molar-refractivity contribution is -0.143. The van der Waals surface area contributed by atoms with Crippen molar-refractivity contribution in [1.82, 2.24) is 15.4 Å². The fourth-order valence-corrected chi connectivity index (χ4v) is 2.77. The lowest BCUT2D eigenvalue weighted by atomic mass is 9.92. The first-order valence-corrected chi connectivity index (χ1v) is 8.04. The molecule has 0 saturated heterocycles. The Hall–Kier alpha value is -3.56. The molecule has 3 aromatic rings. The van der Waals surface area contributed by atoms with Gasteiger partial charge in [-0.25, -0.2) is 5.10 Å². The summed E-state index contributed by atoms with van der Waals surface area (Å²) in [5, 5.41) is 17.9. The molecule has 0 aliphatic carbocycles. The fourth-order valence-electron chi connectivity index (χ4n) is 2.77. The number of halogens is 9. The number of rotatable bonds is 2. The van der Waals surface area contributed by atoms with Crippen molar-refractivity contribution in [2.24, 2.45) is 0 Å². The molecular formula is C18H7F9N4. The van der Waals surface area contributed by atoms with Gasteiger partial charge in [0.2, 0.25) is 0 Å². The largest absolute Gasteiger partial charge is 0.416 e. The maximum atomic E-state index is 13.2. The third-order valence-corrected chi connectivity index (χ3v) is 4.16. The minimum Gasteiger partial charge on any atom is -0.247 e. The Morgan fingerprint density at radius 2 is 1.26 bits per heavy atom. The maximum Gasteiger partial charge on any atom is 0.416 e. The molecular weight excluding hydrogens is 443 g/mol. The summed E-state index contributed by atoms with van der Waals surface area (Å²) in [6.07, 6.45) is -15.2. The van der Waals surface area contributed by atoms with Crippen molar-refractivity contribution < 1.29 is 39.5 Å². The van der Waals surface area contributed by atoms with Gasteiger partial charge in [-0.05, 0) is 41.5 Å². The molecule has 1 heterocycles. The Morgan fingerprint density at radius 1 is 0.710 bits per heavy atom. The fraction of sp³-hybridized carbons (Fsp3) is 0.167. The number of aromatic nitrogens is 3. The summed E-state index contributed by atoms with van der Waals surface area (Å²) in [6, 6.07) is 3.87. The van der Waals surface area contributed by atoms with Crippen molar-refractivity contribution in [3.63, 3.8) is 0 Å². The summed E-state index contributed by atoms with van der Waals surface area (Å²) in [5.41, 5.74) is -7.06. The van der Waals surface area contributed by atoms with Crippen LogP contribution in [-0.2, 0) is 18.5 Å². The smallest absolute Gasteiger partial charge is 0.247 e. The number of aromatic amines is 1. The minimum atomic E-state index is -5.16. The van der Waals surface area contributed by atoms with E-state index in [9.17, 15) is 39.5 Å². The molecule has 0 amide bonds. The van der Waals surface area contributed by atoms with Crippen LogP contribution in [0.5, 0.6) is 0 Å². The van der Waals surface area contributed by atoms with Crippen molar-refractivity contribution in [3.05, 3.63) is 58.8 Å². The topological polar surface area (TPSA) is 65.4 Å². The summed E-state index contributed by atoms with van der Waals surface area (Å²) in [4.78, 5) is 0. The second-order valence-electron chi connectivity index (χ2n) is 6.20. The van der Waals surface area contributed by atoms with Gasteiger partial charge in [-0.2, -0.15) is 44.8 Å². The van der Waals surface area contributed by atoms with Crippen LogP contribution in [-0.4, -0.2) is 15.4 Å². The quantitative estimate of drug-likeness (QED) is 0.483. The van der Waals surface area contributed by atoms with Gasteiger partial charge >= 0.3 is 18.5 Å². The number of nitrogens with zero attached hydrogens (tertiary/aromatic N) is 3. The average Bonchev–Trinajstić information content (AvgIpc) is 3.13. The standard InChI is InChI=1S/C18H7F9N4/c19-16(20,21)9-1-2-12(13(6-9)15-14(7-28)29-31-30-15)8-3-10(17(22,23)24)5-11(4-8)18(25,26)27/h1-6H,(H,29,30,31). The van der Waals surface area contributed by atoms with Crippen molar-refractivity contribution in [2.45, 2.75) is 18.5 Å². The van der Waals surface area contributed by atoms with Crippen LogP contribution in [0.3, 0.4) is 0 Å². The predicted molar refractivity (Wildman–Crippen MR) is 87.0 cm³/mol. The second kappa shape index (κ2) is 7.29. The molecule has 13 heteroatoms. The van der Waals surface area contributed by atoms with Crippen LogP contribution < -0.4 is 0 Å². The molecule has 3 rings (SSSR count). The highest BCUT2D eigenvalue weighted by Crippen LogP contribution is 2.42. The summed E-state index contributed by atoms with van der Waals surface area (Å²) in [6.45, 7) is 0. The second-order valence-corrected chi connectivity index (χ2v) is 6.20. The molecule has 0 aliphatic rings. The lowest BCUT2D eigenvalue weighted by Crippen LogP contribution is -2.11. The van der Waals surface area contributed by atoms with Gasteiger partial charge < -0.3 is 0 Å². The first kappa shape index (κ1) is 22.1. The number of nitriles is 1. The predicted octanol–water partition coefficient (Wildman–Crippen LogP) is 6.07. The van der Waals surface area contributed by atoms with Crippen LogP contribution in [0.2, 0.25) is 0 Å². The highest BCUT2D eigenvalue weighted by atomic mass is 19.4. The molecule has 0 spiro atoms. The summed E-state index contributed by atoms with van der Waals surface area (Å²) >= 11 is 0. The number of hydrogen-bond donors (Lipinski definition) is 1. The molecule has 4 nitrogen and oxygen atoms in total. The molecule has 0 atom stereocenters. The van der Waals surface area contributed by atoms with Gasteiger partial charge in [-0.15, -0.1) is 5.10 Å². The van der Waals surface area contributed by atoms with Crippen LogP contribution in [0.25, 0.3) is 22.4 Å². The van der Waals surface area contributed by atoms with E-state index in [0.29, 0.717) is 30.3 Å². The van der Waals surface area contributed by atoms with Crippen LogP contribution in [0.1, 0.15) is 22.4 Å². The van der Waals surface area contributed by atoms with Gasteiger partial charge in [-0.1, -0.05) is 11.3 Å². The highest BCUT2D eigenvalue weighted by Gasteiger charge is 2.38. The zero-order valence-electron chi connectivity index (χ0n) is 14.7. The molecule has 0 saturated carbocycles. The molecule has 0 fully saturated rings. The van der Waals surface area contributed by atoms with E-state index in [1.807, 2.05) is 0 Å². The molecule has 2 aromatic carbocycles. The molecule has 1 aromatic heterocycles. The molecule has 162 valence electrons. The lowest BCUT2D eigenvalue weighted by Gasteiger charge is -2.17. The third-order valence-electron chi connectivity index (χ3n) is 4.16. The first-order chi connectivity index (χ1) is 14.2. The maximum absolute atomic E-state index is 13.2. The van der Waals surface area contributed by atoms with Crippen LogP contribution in [0.15, 0.2) is 36.4 Å². The molecule has 0 aliphatic heterocycles. The van der Waals surface area contributed by atoms with Crippen LogP contribution >= 0.6 is 0 Å². The number of alkyl halides is 9. The molecule has 0 radical (unpaired) electrons. The molecule has 1 N–H and O–H groups in total. The van der Waals surface area contributed by atoms with Crippen molar-refractivity contribution in [1.29, 1.82) is 5.26 Å². The highest BCUT2D eigenvalue weighted by molar-refractivity contribution is 5.84. The Bertz CT molecular complexity index is 1130. The zero-order valence-corrected chi connectivity index (χ0v) is 14.7. The normalized spacial score (nSPS) is 12.6. The first-order valence-electron chi connectivity index (χ1n) is 8.04. The van der Waals surface area contributed by atoms with Crippen LogP contribution in [0.4, 0.5) is 39.5 Å². The Kier molecular flexibility index (Phi) is 5.21. The molecule has 0 bridgehead atoms. The van der Waals surface area contributed by atoms with Crippen molar-refractivity contribution in [2.75, 3.05) is 0 Å². The van der Waals surface area contributed by atoms with Crippen molar-refractivity contribution in [3.8, 4) is 28.5 Å². The van der Waals surface area contributed by atoms with Gasteiger partial charge in [0.25, 0.3) is 0 Å². The number of benzene rings is 2. The van der Waals surface area contributed by atoms with Gasteiger partial charge in [-0.3, -0.25) is 0 Å². The van der Waals surface area contributed by atoms with E-state index in [1.54, 1.807) is 6.07 Å². The van der Waals surface area contributed by atoms with E-state index in [-0.39, 0.29) is 6.07 Å². The van der Waals surface area contributed by atoms with E-state index < -0.39 is 63.3 Å². The zero-order chi connectivity index (χ0) is 23.2. The summed E-state index contributed by atoms with van der Waals surface area (Å²) in [5.74, 6) is 0. The average molecular weight is 450 g/mol. The number of nitrogens with one attached hydrogen (secondary N) is 1. The van der Waals surface area contributed by atoms with E-state index in [4.69, 9.17) is 5.26 Å². The van der Waals surface area contributed by atoms with Crippen molar-refractivity contribution >= 4 is 0 Å². The number of H-pyrrole nitrogens is 1. The molecule has 0 unspecified atom stereocenters. The summed E-state index contributed by atoms with van der Waals surface area (Å²) < 4.78 is 119. The Balaban J connectivity index is 2.36. The van der Waals surface area contributed by atoms with Gasteiger partial charge in [0, 0.05) is 5.56 Å². The van der Waals surface area contributed by atoms with Gasteiger partial charge in [0.1, 0.15) is 11.8 Å². The summed E-state index contributed by atoms with van der Waals surface area (Å²) in [7, 11) is 0. The van der Waals surface area contributed by atoms with E-state index in [1.165, 1.54) is 0 Å². The Labute approximate surface area is 166 Å². The van der Waals surface area contributed by atoms with E-state index in [2.05, 4.69) is 15.4 Å². The minimum absolute atomic E-state index is 0.107. The van der Waals surface area contributed by atoms with E-state index in [0.717, 1.165) is 0 Å². The SMILES string of the molecule is N#Cc1[nH]nnc1-c1cc(C(F)(F)F)ccc1-c1cc(C(F)(F)F)cc(C(F)(F)F)c1. The monoisotopic (exact) mass is 450 g/mol. The van der Waals surface area contributed by atoms with Gasteiger partial charge in [0.15, 0.2) is 5.69 Å². The third kappa shape index (κ3) is 4.47. The van der Waals surface area contributed by atoms with E-state index >= 15 is 0 Å². The van der Waals surface area contributed by atoms with Crippen LogP contribution in [0, 0.1) is 11.3 Å². The molecule has 31 heavy (non-hydrogen) atoms.